The van der Waals surface area contributed by atoms with Crippen molar-refractivity contribution in [2.45, 2.75) is 45.4 Å². The zero-order valence-corrected chi connectivity index (χ0v) is 9.44. The van der Waals surface area contributed by atoms with Crippen molar-refractivity contribution in [2.24, 2.45) is 11.3 Å². The molecule has 1 heteroatoms. The standard InChI is InChI=1S/C14H18O/c1-9-7-10-8-14(9,2)13(15)12-6-4-3-5-11(10)12/h10H,1,3-8H2,2H3/t10-,14-/m1/s1. The van der Waals surface area contributed by atoms with Crippen LogP contribution in [0.3, 0.4) is 0 Å². The molecule has 0 N–H and O–H groups in total. The van der Waals surface area contributed by atoms with Gasteiger partial charge in [0.25, 0.3) is 0 Å². The van der Waals surface area contributed by atoms with Crippen LogP contribution >= 0.6 is 0 Å². The van der Waals surface area contributed by atoms with E-state index in [1.165, 1.54) is 36.0 Å². The van der Waals surface area contributed by atoms with Crippen LogP contribution in [0.1, 0.15) is 45.4 Å². The average molecular weight is 202 g/mol. The zero-order valence-electron chi connectivity index (χ0n) is 9.44. The number of carbonyl (C=O) groups is 1. The second-order valence-corrected chi connectivity index (χ2v) is 5.58. The third-order valence-electron chi connectivity index (χ3n) is 4.71. The molecule has 0 aromatic carbocycles. The minimum Gasteiger partial charge on any atom is -0.294 e. The highest BCUT2D eigenvalue weighted by Crippen LogP contribution is 2.56. The largest absolute Gasteiger partial charge is 0.294 e. The Balaban J connectivity index is 2.12. The van der Waals surface area contributed by atoms with Gasteiger partial charge in [-0.2, -0.15) is 0 Å². The molecule has 0 unspecified atom stereocenters. The number of ketones is 1. The van der Waals surface area contributed by atoms with E-state index < -0.39 is 0 Å². The van der Waals surface area contributed by atoms with Gasteiger partial charge in [0.15, 0.2) is 5.78 Å². The molecular formula is C14H18O. The molecule has 1 saturated carbocycles. The third-order valence-corrected chi connectivity index (χ3v) is 4.71. The summed E-state index contributed by atoms with van der Waals surface area (Å²) in [5.74, 6) is 1.08. The minimum atomic E-state index is -0.194. The van der Waals surface area contributed by atoms with Crippen LogP contribution in [-0.2, 0) is 4.79 Å². The highest BCUT2D eigenvalue weighted by Gasteiger charge is 2.50. The van der Waals surface area contributed by atoms with E-state index in [-0.39, 0.29) is 5.41 Å². The molecule has 0 aromatic heterocycles. The Morgan fingerprint density at radius 2 is 2.07 bits per heavy atom. The third kappa shape index (κ3) is 1.07. The van der Waals surface area contributed by atoms with Gasteiger partial charge in [0.2, 0.25) is 0 Å². The second kappa shape index (κ2) is 2.84. The van der Waals surface area contributed by atoms with Gasteiger partial charge in [-0.3, -0.25) is 4.79 Å². The lowest BCUT2D eigenvalue weighted by Crippen LogP contribution is -2.33. The Kier molecular flexibility index (Phi) is 1.78. The Bertz CT molecular complexity index is 388. The number of allylic oxidation sites excluding steroid dienone is 3. The molecule has 0 heterocycles. The van der Waals surface area contributed by atoms with Gasteiger partial charge in [-0.05, 0) is 56.9 Å². The summed E-state index contributed by atoms with van der Waals surface area (Å²) < 4.78 is 0. The van der Waals surface area contributed by atoms with Crippen molar-refractivity contribution in [3.8, 4) is 0 Å². The monoisotopic (exact) mass is 202 g/mol. The second-order valence-electron chi connectivity index (χ2n) is 5.58. The van der Waals surface area contributed by atoms with Crippen molar-refractivity contribution in [2.75, 3.05) is 0 Å². The van der Waals surface area contributed by atoms with Crippen LogP contribution in [0, 0.1) is 11.3 Å². The van der Waals surface area contributed by atoms with Gasteiger partial charge in [0.1, 0.15) is 0 Å². The smallest absolute Gasteiger partial charge is 0.168 e. The maximum absolute atomic E-state index is 12.4. The van der Waals surface area contributed by atoms with Gasteiger partial charge in [0.05, 0.1) is 5.41 Å². The summed E-state index contributed by atoms with van der Waals surface area (Å²) in [5, 5.41) is 0. The minimum absolute atomic E-state index is 0.194. The van der Waals surface area contributed by atoms with E-state index in [0.29, 0.717) is 11.7 Å². The summed E-state index contributed by atoms with van der Waals surface area (Å²) in [6, 6.07) is 0. The van der Waals surface area contributed by atoms with Gasteiger partial charge < -0.3 is 0 Å². The molecule has 15 heavy (non-hydrogen) atoms. The summed E-state index contributed by atoms with van der Waals surface area (Å²) in [7, 11) is 0. The molecule has 0 amide bonds. The number of hydrogen-bond donors (Lipinski definition) is 0. The van der Waals surface area contributed by atoms with Gasteiger partial charge in [-0.1, -0.05) is 17.7 Å². The highest BCUT2D eigenvalue weighted by molar-refractivity contribution is 6.04. The molecule has 0 spiro atoms. The highest BCUT2D eigenvalue weighted by atomic mass is 16.1. The predicted molar refractivity (Wildman–Crippen MR) is 60.5 cm³/mol. The lowest BCUT2D eigenvalue weighted by atomic mass is 9.68. The molecule has 3 rings (SSSR count). The van der Waals surface area contributed by atoms with E-state index in [4.69, 9.17) is 0 Å². The molecule has 3 aliphatic rings. The predicted octanol–water partition coefficient (Wildman–Crippen LogP) is 3.41. The Morgan fingerprint density at radius 1 is 1.33 bits per heavy atom. The van der Waals surface area contributed by atoms with Crippen molar-refractivity contribution in [3.05, 3.63) is 23.3 Å². The molecule has 2 atom stereocenters. The van der Waals surface area contributed by atoms with Crippen molar-refractivity contribution < 1.29 is 4.79 Å². The Hall–Kier alpha value is -0.850. The van der Waals surface area contributed by atoms with Crippen LogP contribution in [0.2, 0.25) is 0 Å². The zero-order chi connectivity index (χ0) is 10.6. The van der Waals surface area contributed by atoms with E-state index in [9.17, 15) is 4.79 Å². The number of carbonyl (C=O) groups excluding carboxylic acids is 1. The molecule has 80 valence electrons. The first-order valence-corrected chi connectivity index (χ1v) is 6.08. The first-order chi connectivity index (χ1) is 7.13. The quantitative estimate of drug-likeness (QED) is 0.550. The van der Waals surface area contributed by atoms with Crippen molar-refractivity contribution >= 4 is 5.78 Å². The van der Waals surface area contributed by atoms with Crippen LogP contribution in [0.15, 0.2) is 23.3 Å². The molecule has 2 bridgehead atoms. The SMILES string of the molecule is C=C1C[C@@H]2C[C@@]1(C)C(=O)C1=C2CCCC1. The summed E-state index contributed by atoms with van der Waals surface area (Å²) in [6.07, 6.45) is 6.82. The van der Waals surface area contributed by atoms with Gasteiger partial charge >= 0.3 is 0 Å². The van der Waals surface area contributed by atoms with Gasteiger partial charge in [-0.25, -0.2) is 0 Å². The van der Waals surface area contributed by atoms with E-state index in [1.807, 2.05) is 0 Å². The lowest BCUT2D eigenvalue weighted by molar-refractivity contribution is -0.123. The molecule has 0 aliphatic heterocycles. The van der Waals surface area contributed by atoms with E-state index in [1.54, 1.807) is 0 Å². The maximum atomic E-state index is 12.4. The van der Waals surface area contributed by atoms with Crippen LogP contribution < -0.4 is 0 Å². The molecule has 1 nitrogen and oxygen atoms in total. The van der Waals surface area contributed by atoms with Crippen LogP contribution in [0.5, 0.6) is 0 Å². The van der Waals surface area contributed by atoms with Crippen LogP contribution in [0.25, 0.3) is 0 Å². The fraction of sp³-hybridized carbons (Fsp3) is 0.643. The summed E-state index contributed by atoms with van der Waals surface area (Å²) in [5.41, 5.74) is 3.69. The van der Waals surface area contributed by atoms with Gasteiger partial charge in [0, 0.05) is 0 Å². The number of rotatable bonds is 0. The fourth-order valence-electron chi connectivity index (χ4n) is 3.70. The maximum Gasteiger partial charge on any atom is 0.168 e. The van der Waals surface area contributed by atoms with Crippen LogP contribution in [-0.4, -0.2) is 5.78 Å². The van der Waals surface area contributed by atoms with Gasteiger partial charge in [-0.15, -0.1) is 0 Å². The van der Waals surface area contributed by atoms with Crippen LogP contribution in [0.4, 0.5) is 0 Å². The van der Waals surface area contributed by atoms with E-state index in [2.05, 4.69) is 13.5 Å². The van der Waals surface area contributed by atoms with E-state index in [0.717, 1.165) is 19.3 Å². The number of fused-ring (bicyclic) bond motifs is 3. The van der Waals surface area contributed by atoms with E-state index >= 15 is 0 Å². The summed E-state index contributed by atoms with van der Waals surface area (Å²) >= 11 is 0. The average Bonchev–Trinajstić information content (AvgIpc) is 2.51. The lowest BCUT2D eigenvalue weighted by Gasteiger charge is -2.34. The summed E-state index contributed by atoms with van der Waals surface area (Å²) in [6.45, 7) is 6.24. The Morgan fingerprint density at radius 3 is 2.87 bits per heavy atom. The van der Waals surface area contributed by atoms with Crippen molar-refractivity contribution in [1.29, 1.82) is 0 Å². The first kappa shape index (κ1) is 9.38. The molecular weight excluding hydrogens is 184 g/mol. The first-order valence-electron chi connectivity index (χ1n) is 6.08. The number of hydrogen-bond acceptors (Lipinski definition) is 1. The molecule has 1 fully saturated rings. The summed E-state index contributed by atoms with van der Waals surface area (Å²) in [4.78, 5) is 12.4. The van der Waals surface area contributed by atoms with Crippen molar-refractivity contribution in [1.82, 2.24) is 0 Å². The van der Waals surface area contributed by atoms with Crippen molar-refractivity contribution in [3.63, 3.8) is 0 Å². The Labute approximate surface area is 91.2 Å². The number of Topliss-reactive ketones (excluding diaryl/α,β-unsaturated/α-hetero) is 1. The molecule has 3 aliphatic carbocycles. The topological polar surface area (TPSA) is 17.1 Å². The normalized spacial score (nSPS) is 39.7. The molecule has 0 saturated heterocycles. The fourth-order valence-corrected chi connectivity index (χ4v) is 3.70. The molecule has 0 radical (unpaired) electrons. The molecule has 0 aromatic rings.